The molecule has 4 nitrogen and oxygen atoms in total. The fraction of sp³-hybridized carbons (Fsp3) is 0.565. The molecular formula is C23H30F3N3O. The number of halogens is 3. The quantitative estimate of drug-likeness (QED) is 0.742. The number of allylic oxidation sites excluding steroid dienone is 3. The van der Waals surface area contributed by atoms with Gasteiger partial charge in [-0.05, 0) is 44.5 Å². The Hall–Kier alpha value is -1.83. The van der Waals surface area contributed by atoms with Crippen LogP contribution in [0.15, 0.2) is 42.5 Å². The zero-order chi connectivity index (χ0) is 21.3. The highest BCUT2D eigenvalue weighted by molar-refractivity contribution is 5.58. The maximum absolute atomic E-state index is 13.4. The summed E-state index contributed by atoms with van der Waals surface area (Å²) < 4.78 is 46.6. The summed E-state index contributed by atoms with van der Waals surface area (Å²) in [5, 5.41) is 3.56. The normalized spacial score (nSPS) is 30.7. The third-order valence-electron chi connectivity index (χ3n) is 6.52. The van der Waals surface area contributed by atoms with Crippen LogP contribution >= 0.6 is 0 Å². The standard InChI is InChI=1S/C23H30F3N3O/c1-29(12-11-27)14-17-8-9-18-21(15-5-3-2-4-6-15)28-20-10-7-16(23(24,25)26)13-19(20)22(18)30-17/h2-5,7,10,13,15,17-18,21-22,28H,6,8-9,11-12,14,27H2,1H3/t15?,17-,18+,21+,22+/m1/s1. The van der Waals surface area contributed by atoms with Gasteiger partial charge in [-0.15, -0.1) is 0 Å². The van der Waals surface area contributed by atoms with Gasteiger partial charge in [0.1, 0.15) is 0 Å². The molecular weight excluding hydrogens is 391 g/mol. The molecule has 3 N–H and O–H groups in total. The summed E-state index contributed by atoms with van der Waals surface area (Å²) >= 11 is 0. The van der Waals surface area contributed by atoms with Crippen LogP contribution in [-0.2, 0) is 10.9 Å². The number of hydrogen-bond acceptors (Lipinski definition) is 4. The van der Waals surface area contributed by atoms with Crippen LogP contribution in [0.5, 0.6) is 0 Å². The second-order valence-corrected chi connectivity index (χ2v) is 8.65. The van der Waals surface area contributed by atoms with E-state index in [-0.39, 0.29) is 24.2 Å². The molecule has 1 aromatic carbocycles. The van der Waals surface area contributed by atoms with E-state index in [0.717, 1.165) is 44.1 Å². The van der Waals surface area contributed by atoms with E-state index in [9.17, 15) is 13.2 Å². The molecule has 0 amide bonds. The van der Waals surface area contributed by atoms with Crippen molar-refractivity contribution in [1.82, 2.24) is 4.90 Å². The molecule has 1 aromatic rings. The molecule has 3 aliphatic rings. The molecule has 164 valence electrons. The van der Waals surface area contributed by atoms with Gasteiger partial charge in [-0.25, -0.2) is 0 Å². The molecule has 0 aromatic heterocycles. The molecule has 1 saturated heterocycles. The van der Waals surface area contributed by atoms with E-state index in [0.29, 0.717) is 18.0 Å². The van der Waals surface area contributed by atoms with Gasteiger partial charge in [0.25, 0.3) is 0 Å². The maximum Gasteiger partial charge on any atom is 0.416 e. The Balaban J connectivity index is 1.64. The Kier molecular flexibility index (Phi) is 6.23. The van der Waals surface area contributed by atoms with Crippen LogP contribution in [0.4, 0.5) is 18.9 Å². The van der Waals surface area contributed by atoms with E-state index in [1.165, 1.54) is 6.07 Å². The smallest absolute Gasteiger partial charge is 0.381 e. The second-order valence-electron chi connectivity index (χ2n) is 8.65. The Bertz CT molecular complexity index is 807. The Morgan fingerprint density at radius 2 is 2.07 bits per heavy atom. The molecule has 7 heteroatoms. The third-order valence-corrected chi connectivity index (χ3v) is 6.52. The van der Waals surface area contributed by atoms with Crippen molar-refractivity contribution in [2.24, 2.45) is 17.6 Å². The first kappa shape index (κ1) is 21.4. The van der Waals surface area contributed by atoms with Gasteiger partial charge >= 0.3 is 6.18 Å². The number of likely N-dealkylation sites (N-methyl/N-ethyl adjacent to an activating group) is 1. The van der Waals surface area contributed by atoms with E-state index in [2.05, 4.69) is 28.4 Å². The number of benzene rings is 1. The van der Waals surface area contributed by atoms with Gasteiger partial charge in [-0.2, -0.15) is 13.2 Å². The van der Waals surface area contributed by atoms with Gasteiger partial charge in [0.05, 0.1) is 17.8 Å². The molecule has 30 heavy (non-hydrogen) atoms. The molecule has 2 heterocycles. The molecule has 5 atom stereocenters. The molecule has 1 unspecified atom stereocenters. The van der Waals surface area contributed by atoms with E-state index < -0.39 is 11.7 Å². The van der Waals surface area contributed by atoms with Gasteiger partial charge < -0.3 is 20.7 Å². The van der Waals surface area contributed by atoms with Gasteiger partial charge in [-0.1, -0.05) is 24.3 Å². The van der Waals surface area contributed by atoms with E-state index in [1.807, 2.05) is 13.1 Å². The zero-order valence-electron chi connectivity index (χ0n) is 17.2. The maximum atomic E-state index is 13.4. The molecule has 1 fully saturated rings. The lowest BCUT2D eigenvalue weighted by molar-refractivity contribution is -0.138. The predicted molar refractivity (Wildman–Crippen MR) is 112 cm³/mol. The Morgan fingerprint density at radius 1 is 1.23 bits per heavy atom. The minimum absolute atomic E-state index is 0.00858. The lowest BCUT2D eigenvalue weighted by Crippen LogP contribution is -2.48. The van der Waals surface area contributed by atoms with Crippen molar-refractivity contribution in [3.63, 3.8) is 0 Å². The highest BCUT2D eigenvalue weighted by Crippen LogP contribution is 2.49. The molecule has 4 rings (SSSR count). The fourth-order valence-electron chi connectivity index (χ4n) is 5.05. The van der Waals surface area contributed by atoms with Crippen LogP contribution in [0.25, 0.3) is 0 Å². The van der Waals surface area contributed by atoms with Crippen molar-refractivity contribution in [2.45, 2.75) is 43.7 Å². The highest BCUT2D eigenvalue weighted by atomic mass is 19.4. The first-order valence-electron chi connectivity index (χ1n) is 10.7. The van der Waals surface area contributed by atoms with E-state index in [1.54, 1.807) is 6.07 Å². The SMILES string of the molecule is CN(CCN)C[C@H]1CC[C@@H]2[C@H](O1)c1cc(C(F)(F)F)ccc1N[C@H]2C1C=CC=CC1. The molecule has 2 aliphatic heterocycles. The van der Waals surface area contributed by atoms with Crippen molar-refractivity contribution in [3.05, 3.63) is 53.6 Å². The predicted octanol–water partition coefficient (Wildman–Crippen LogP) is 4.36. The number of nitrogens with zero attached hydrogens (tertiary/aromatic N) is 1. The Labute approximate surface area is 175 Å². The van der Waals surface area contributed by atoms with Crippen LogP contribution in [-0.4, -0.2) is 43.7 Å². The molecule has 0 bridgehead atoms. The summed E-state index contributed by atoms with van der Waals surface area (Å²) in [5.41, 5.74) is 6.42. The van der Waals surface area contributed by atoms with Crippen LogP contribution in [0.2, 0.25) is 0 Å². The number of rotatable bonds is 5. The lowest BCUT2D eigenvalue weighted by atomic mass is 9.73. The first-order chi connectivity index (χ1) is 14.4. The molecule has 1 aliphatic carbocycles. The minimum Gasteiger partial charge on any atom is -0.381 e. The highest BCUT2D eigenvalue weighted by Gasteiger charge is 2.45. The Morgan fingerprint density at radius 3 is 2.77 bits per heavy atom. The summed E-state index contributed by atoms with van der Waals surface area (Å²) in [4.78, 5) is 2.13. The van der Waals surface area contributed by atoms with Crippen LogP contribution in [0.3, 0.4) is 0 Å². The number of alkyl halides is 3. The lowest BCUT2D eigenvalue weighted by Gasteiger charge is -2.48. The summed E-state index contributed by atoms with van der Waals surface area (Å²) in [6.07, 6.45) is 6.49. The van der Waals surface area contributed by atoms with Crippen LogP contribution in [0, 0.1) is 11.8 Å². The van der Waals surface area contributed by atoms with Gasteiger partial charge in [0.2, 0.25) is 0 Å². The van der Waals surface area contributed by atoms with Gasteiger partial charge in [0, 0.05) is 48.8 Å². The summed E-state index contributed by atoms with van der Waals surface area (Å²) in [7, 11) is 2.00. The number of nitrogens with two attached hydrogens (primary N) is 1. The van der Waals surface area contributed by atoms with Crippen LogP contribution in [0.1, 0.15) is 36.5 Å². The summed E-state index contributed by atoms with van der Waals surface area (Å²) in [6.45, 7) is 2.08. The largest absolute Gasteiger partial charge is 0.416 e. The number of anilines is 1. The molecule has 0 radical (unpaired) electrons. The number of nitrogens with one attached hydrogen (secondary N) is 1. The average molecular weight is 422 g/mol. The van der Waals surface area contributed by atoms with Crippen molar-refractivity contribution >= 4 is 5.69 Å². The molecule has 0 spiro atoms. The topological polar surface area (TPSA) is 50.5 Å². The number of hydrogen-bond donors (Lipinski definition) is 2. The van der Waals surface area contributed by atoms with Crippen molar-refractivity contribution in [2.75, 3.05) is 32.0 Å². The van der Waals surface area contributed by atoms with Crippen molar-refractivity contribution < 1.29 is 17.9 Å². The fourth-order valence-corrected chi connectivity index (χ4v) is 5.05. The second kappa shape index (κ2) is 8.73. The molecule has 0 saturated carbocycles. The van der Waals surface area contributed by atoms with Gasteiger partial charge in [0.15, 0.2) is 0 Å². The minimum atomic E-state index is -4.37. The summed E-state index contributed by atoms with van der Waals surface area (Å²) in [6, 6.07) is 4.15. The zero-order valence-corrected chi connectivity index (χ0v) is 17.2. The number of ether oxygens (including phenoxy) is 1. The monoisotopic (exact) mass is 421 g/mol. The van der Waals surface area contributed by atoms with E-state index in [4.69, 9.17) is 10.5 Å². The third kappa shape index (κ3) is 4.43. The van der Waals surface area contributed by atoms with Crippen LogP contribution < -0.4 is 11.1 Å². The average Bonchev–Trinajstić information content (AvgIpc) is 2.73. The van der Waals surface area contributed by atoms with E-state index >= 15 is 0 Å². The first-order valence-corrected chi connectivity index (χ1v) is 10.7. The van der Waals surface area contributed by atoms with Gasteiger partial charge in [-0.3, -0.25) is 0 Å². The van der Waals surface area contributed by atoms with Crippen molar-refractivity contribution in [1.29, 1.82) is 0 Å². The van der Waals surface area contributed by atoms with Crippen molar-refractivity contribution in [3.8, 4) is 0 Å². The summed E-state index contributed by atoms with van der Waals surface area (Å²) in [5.74, 6) is 0.441. The number of fused-ring (bicyclic) bond motifs is 3.